The summed E-state index contributed by atoms with van der Waals surface area (Å²) in [6.45, 7) is 11.0. The Morgan fingerprint density at radius 1 is 1.38 bits per heavy atom. The molecule has 3 aliphatic rings. The monoisotopic (exact) mass is 220 g/mol. The third-order valence-electron chi connectivity index (χ3n) is 6.44. The van der Waals surface area contributed by atoms with Crippen LogP contribution in [0.1, 0.15) is 46.5 Å². The minimum Gasteiger partial charge on any atom is -0.389 e. The molecular weight excluding hydrogens is 196 g/mol. The van der Waals surface area contributed by atoms with Crippen LogP contribution in [0, 0.1) is 28.6 Å². The molecule has 6 atom stereocenters. The summed E-state index contributed by atoms with van der Waals surface area (Å²) < 4.78 is 0. The average Bonchev–Trinajstić information content (AvgIpc) is 2.55. The van der Waals surface area contributed by atoms with Crippen LogP contribution in [0.2, 0.25) is 0 Å². The second-order valence-electron chi connectivity index (χ2n) is 6.92. The molecule has 0 aromatic heterocycles. The molecule has 0 radical (unpaired) electrons. The van der Waals surface area contributed by atoms with E-state index in [2.05, 4.69) is 27.4 Å². The van der Waals surface area contributed by atoms with Crippen LogP contribution in [0.4, 0.5) is 0 Å². The van der Waals surface area contributed by atoms with Crippen LogP contribution in [0.5, 0.6) is 0 Å². The van der Waals surface area contributed by atoms with Crippen molar-refractivity contribution in [1.82, 2.24) is 0 Å². The molecule has 0 aromatic rings. The van der Waals surface area contributed by atoms with Gasteiger partial charge in [0.2, 0.25) is 0 Å². The van der Waals surface area contributed by atoms with Gasteiger partial charge in [-0.25, -0.2) is 0 Å². The first kappa shape index (κ1) is 10.8. The van der Waals surface area contributed by atoms with Crippen molar-refractivity contribution in [3.05, 3.63) is 12.7 Å². The molecule has 1 nitrogen and oxygen atoms in total. The smallest absolute Gasteiger partial charge is 0.0723 e. The minimum absolute atomic E-state index is 0.432. The molecule has 0 bridgehead atoms. The van der Waals surface area contributed by atoms with Gasteiger partial charge in [0, 0.05) is 5.92 Å². The molecule has 0 aromatic carbocycles. The van der Waals surface area contributed by atoms with E-state index in [0.717, 1.165) is 18.8 Å². The summed E-state index contributed by atoms with van der Waals surface area (Å²) in [7, 11) is 0. The van der Waals surface area contributed by atoms with Gasteiger partial charge in [0.05, 0.1) is 5.60 Å². The summed E-state index contributed by atoms with van der Waals surface area (Å²) in [4.78, 5) is 0. The first-order valence-corrected chi connectivity index (χ1v) is 6.77. The molecule has 90 valence electrons. The lowest BCUT2D eigenvalue weighted by molar-refractivity contribution is 0.00289. The van der Waals surface area contributed by atoms with Crippen molar-refractivity contribution in [2.75, 3.05) is 0 Å². The van der Waals surface area contributed by atoms with Gasteiger partial charge in [-0.15, -0.1) is 6.58 Å². The van der Waals surface area contributed by atoms with E-state index >= 15 is 0 Å². The van der Waals surface area contributed by atoms with Crippen molar-refractivity contribution in [2.24, 2.45) is 28.6 Å². The van der Waals surface area contributed by atoms with E-state index in [1.807, 2.05) is 6.08 Å². The normalized spacial score (nSPS) is 62.9. The van der Waals surface area contributed by atoms with E-state index in [9.17, 15) is 5.11 Å². The third-order valence-corrected chi connectivity index (χ3v) is 6.44. The average molecular weight is 220 g/mol. The lowest BCUT2D eigenvalue weighted by Gasteiger charge is -2.30. The van der Waals surface area contributed by atoms with Gasteiger partial charge in [-0.2, -0.15) is 0 Å². The van der Waals surface area contributed by atoms with Crippen molar-refractivity contribution in [1.29, 1.82) is 0 Å². The van der Waals surface area contributed by atoms with Crippen molar-refractivity contribution < 1.29 is 5.11 Å². The Morgan fingerprint density at radius 2 is 2.06 bits per heavy atom. The highest BCUT2D eigenvalue weighted by Gasteiger charge is 2.87. The molecule has 1 N–H and O–H groups in total. The second-order valence-corrected chi connectivity index (χ2v) is 6.92. The molecule has 3 rings (SSSR count). The molecule has 0 amide bonds. The first-order valence-electron chi connectivity index (χ1n) is 6.77. The third kappa shape index (κ3) is 0.827. The highest BCUT2D eigenvalue weighted by atomic mass is 16.3. The van der Waals surface area contributed by atoms with Crippen LogP contribution in [0.3, 0.4) is 0 Å². The van der Waals surface area contributed by atoms with E-state index in [4.69, 9.17) is 0 Å². The molecule has 3 aliphatic carbocycles. The first-order chi connectivity index (χ1) is 7.43. The van der Waals surface area contributed by atoms with E-state index in [1.165, 1.54) is 12.8 Å². The molecule has 3 saturated carbocycles. The van der Waals surface area contributed by atoms with Crippen molar-refractivity contribution >= 4 is 0 Å². The summed E-state index contributed by atoms with van der Waals surface area (Å²) in [5, 5.41) is 10.9. The summed E-state index contributed by atoms with van der Waals surface area (Å²) in [5.41, 5.74) is 0.456. The molecule has 0 heterocycles. The van der Waals surface area contributed by atoms with Gasteiger partial charge < -0.3 is 5.11 Å². The van der Waals surface area contributed by atoms with Gasteiger partial charge in [0.25, 0.3) is 0 Å². The summed E-state index contributed by atoms with van der Waals surface area (Å²) >= 11 is 0. The van der Waals surface area contributed by atoms with Gasteiger partial charge >= 0.3 is 0 Å². The minimum atomic E-state index is -0.440. The zero-order valence-corrected chi connectivity index (χ0v) is 10.8. The predicted molar refractivity (Wildman–Crippen MR) is 66.0 cm³/mol. The number of hydrogen-bond donors (Lipinski definition) is 1. The highest BCUT2D eigenvalue weighted by molar-refractivity contribution is 5.35. The van der Waals surface area contributed by atoms with E-state index in [-0.39, 0.29) is 0 Å². The fraction of sp³-hybridized carbons (Fsp3) is 0.867. The second kappa shape index (κ2) is 2.75. The molecule has 3 unspecified atom stereocenters. The topological polar surface area (TPSA) is 20.2 Å². The maximum absolute atomic E-state index is 10.9. The summed E-state index contributed by atoms with van der Waals surface area (Å²) in [6, 6.07) is 0. The number of fused-ring (bicyclic) bond motifs is 1. The van der Waals surface area contributed by atoms with Crippen molar-refractivity contribution in [3.8, 4) is 0 Å². The lowest BCUT2D eigenvalue weighted by atomic mass is 9.78. The van der Waals surface area contributed by atoms with E-state index < -0.39 is 5.60 Å². The molecule has 16 heavy (non-hydrogen) atoms. The summed E-state index contributed by atoms with van der Waals surface area (Å²) in [5.74, 6) is 2.03. The maximum atomic E-state index is 10.9. The van der Waals surface area contributed by atoms with Gasteiger partial charge in [0.15, 0.2) is 0 Å². The molecule has 1 spiro atoms. The SMILES string of the molecule is C=CC[C@]1(O)C[C@@H](C)C23C1C2(C)CC[C@H]3C. The number of hydrogen-bond acceptors (Lipinski definition) is 1. The largest absolute Gasteiger partial charge is 0.389 e. The fourth-order valence-corrected chi connectivity index (χ4v) is 6.34. The van der Waals surface area contributed by atoms with Crippen LogP contribution in [-0.4, -0.2) is 10.7 Å². The van der Waals surface area contributed by atoms with Crippen LogP contribution in [0.25, 0.3) is 0 Å². The standard InChI is InChI=1S/C15H24O/c1-5-7-14(16)9-11(3)15-10(2)6-8-13(15,4)12(14)15/h5,10-12,16H,1,6-9H2,2-4H3/t10-,11-,12?,13?,14+,15?/m1/s1. The van der Waals surface area contributed by atoms with Crippen molar-refractivity contribution in [2.45, 2.75) is 52.1 Å². The van der Waals surface area contributed by atoms with Crippen molar-refractivity contribution in [3.63, 3.8) is 0 Å². The van der Waals surface area contributed by atoms with Crippen LogP contribution >= 0.6 is 0 Å². The number of rotatable bonds is 2. The molecule has 0 aliphatic heterocycles. The Balaban J connectivity index is 2.02. The predicted octanol–water partition coefficient (Wildman–Crippen LogP) is 3.39. The zero-order valence-electron chi connectivity index (χ0n) is 10.8. The van der Waals surface area contributed by atoms with Gasteiger partial charge in [-0.05, 0) is 48.3 Å². The van der Waals surface area contributed by atoms with Crippen LogP contribution in [-0.2, 0) is 0 Å². The van der Waals surface area contributed by atoms with Gasteiger partial charge in [-0.1, -0.05) is 26.8 Å². The summed E-state index contributed by atoms with van der Waals surface area (Å²) in [6.07, 6.45) is 6.37. The molecular formula is C15H24O. The Hall–Kier alpha value is -0.300. The van der Waals surface area contributed by atoms with E-state index in [0.29, 0.717) is 22.7 Å². The zero-order chi connectivity index (χ0) is 11.8. The molecule has 1 heteroatoms. The van der Waals surface area contributed by atoms with Crippen LogP contribution < -0.4 is 0 Å². The molecule has 3 fully saturated rings. The fourth-order valence-electron chi connectivity index (χ4n) is 6.34. The Kier molecular flexibility index (Phi) is 1.86. The number of aliphatic hydroxyl groups is 1. The Morgan fingerprint density at radius 3 is 2.62 bits per heavy atom. The van der Waals surface area contributed by atoms with Gasteiger partial charge in [-0.3, -0.25) is 0 Å². The Bertz CT molecular complexity index is 349. The van der Waals surface area contributed by atoms with E-state index in [1.54, 1.807) is 0 Å². The lowest BCUT2D eigenvalue weighted by Crippen LogP contribution is -2.32. The quantitative estimate of drug-likeness (QED) is 0.707. The maximum Gasteiger partial charge on any atom is 0.0723 e. The molecule has 0 saturated heterocycles. The highest BCUT2D eigenvalue weighted by Crippen LogP contribution is 2.89. The van der Waals surface area contributed by atoms with Gasteiger partial charge in [0.1, 0.15) is 0 Å². The Labute approximate surface area is 98.9 Å². The van der Waals surface area contributed by atoms with Crippen LogP contribution in [0.15, 0.2) is 12.7 Å².